The van der Waals surface area contributed by atoms with E-state index in [1.54, 1.807) is 11.0 Å². The number of nitrogens with zero attached hydrogens (tertiary/aromatic N) is 5. The Balaban J connectivity index is 1.99. The van der Waals surface area contributed by atoms with Crippen molar-refractivity contribution in [1.29, 1.82) is 0 Å². The highest BCUT2D eigenvalue weighted by Crippen LogP contribution is 2.08. The van der Waals surface area contributed by atoms with E-state index < -0.39 is 0 Å². The second-order valence-electron chi connectivity index (χ2n) is 3.23. The van der Waals surface area contributed by atoms with Crippen LogP contribution in [0, 0.1) is 0 Å². The molecule has 2 aromatic rings. The number of hydrogen-bond acceptors (Lipinski definition) is 6. The van der Waals surface area contributed by atoms with Crippen molar-refractivity contribution in [3.8, 4) is 0 Å². The van der Waals surface area contributed by atoms with Crippen molar-refractivity contribution in [3.63, 3.8) is 0 Å². The van der Waals surface area contributed by atoms with Gasteiger partial charge >= 0.3 is 0 Å². The third kappa shape index (κ3) is 2.44. The molecule has 0 radical (unpaired) electrons. The van der Waals surface area contributed by atoms with Crippen LogP contribution in [0.5, 0.6) is 0 Å². The van der Waals surface area contributed by atoms with Crippen molar-refractivity contribution in [2.75, 3.05) is 17.7 Å². The Morgan fingerprint density at radius 1 is 1.25 bits per heavy atom. The zero-order valence-corrected chi connectivity index (χ0v) is 9.18. The molecule has 0 aromatic carbocycles. The summed E-state index contributed by atoms with van der Waals surface area (Å²) in [5.74, 6) is 2.24. The maximum atomic E-state index is 4.15. The van der Waals surface area contributed by atoms with Gasteiger partial charge in [0.15, 0.2) is 5.82 Å². The molecule has 0 spiro atoms. The molecular formula is C9H13N7. The van der Waals surface area contributed by atoms with Crippen LogP contribution >= 0.6 is 0 Å². The summed E-state index contributed by atoms with van der Waals surface area (Å²) >= 11 is 0. The first kappa shape index (κ1) is 10.3. The van der Waals surface area contributed by atoms with Crippen LogP contribution < -0.4 is 10.6 Å². The van der Waals surface area contributed by atoms with Crippen LogP contribution in [0.1, 0.15) is 5.82 Å². The summed E-state index contributed by atoms with van der Waals surface area (Å²) in [7, 11) is 3.65. The largest absolute Gasteiger partial charge is 0.373 e. The van der Waals surface area contributed by atoms with Gasteiger partial charge in [0.1, 0.15) is 24.3 Å². The molecule has 0 fully saturated rings. The van der Waals surface area contributed by atoms with Crippen molar-refractivity contribution in [2.24, 2.45) is 7.05 Å². The molecule has 0 saturated heterocycles. The third-order valence-electron chi connectivity index (χ3n) is 2.00. The lowest BCUT2D eigenvalue weighted by Gasteiger charge is -2.04. The maximum absolute atomic E-state index is 4.15. The first-order valence-electron chi connectivity index (χ1n) is 4.86. The van der Waals surface area contributed by atoms with Crippen LogP contribution in [0.4, 0.5) is 11.6 Å². The average molecular weight is 219 g/mol. The second-order valence-corrected chi connectivity index (χ2v) is 3.23. The summed E-state index contributed by atoms with van der Waals surface area (Å²) in [5, 5.41) is 10.2. The van der Waals surface area contributed by atoms with Gasteiger partial charge in [-0.1, -0.05) is 0 Å². The molecule has 0 bridgehead atoms. The smallest absolute Gasteiger partial charge is 0.169 e. The lowest BCUT2D eigenvalue weighted by Crippen LogP contribution is -2.05. The van der Waals surface area contributed by atoms with Gasteiger partial charge in [-0.05, 0) is 0 Å². The number of rotatable bonds is 4. The monoisotopic (exact) mass is 219 g/mol. The Morgan fingerprint density at radius 2 is 2.06 bits per heavy atom. The van der Waals surface area contributed by atoms with Crippen molar-refractivity contribution in [1.82, 2.24) is 24.7 Å². The van der Waals surface area contributed by atoms with Crippen LogP contribution in [0.3, 0.4) is 0 Å². The molecule has 0 aliphatic carbocycles. The molecule has 7 nitrogen and oxygen atoms in total. The molecule has 0 unspecified atom stereocenters. The predicted molar refractivity (Wildman–Crippen MR) is 59.9 cm³/mol. The highest BCUT2D eigenvalue weighted by Gasteiger charge is 2.00. The van der Waals surface area contributed by atoms with E-state index in [4.69, 9.17) is 0 Å². The second kappa shape index (κ2) is 4.56. The van der Waals surface area contributed by atoms with Crippen LogP contribution in [0.15, 0.2) is 18.7 Å². The molecule has 16 heavy (non-hydrogen) atoms. The van der Waals surface area contributed by atoms with Gasteiger partial charge in [0, 0.05) is 20.2 Å². The highest BCUT2D eigenvalue weighted by molar-refractivity contribution is 5.45. The van der Waals surface area contributed by atoms with Crippen LogP contribution in [-0.2, 0) is 13.6 Å². The fraction of sp³-hybridized carbons (Fsp3) is 0.333. The summed E-state index contributed by atoms with van der Waals surface area (Å²) in [6, 6.07) is 1.82. The van der Waals surface area contributed by atoms with E-state index in [2.05, 4.69) is 30.7 Å². The van der Waals surface area contributed by atoms with E-state index in [0.29, 0.717) is 6.54 Å². The molecule has 2 heterocycles. The minimum Gasteiger partial charge on any atom is -0.373 e. The molecular weight excluding hydrogens is 206 g/mol. The molecule has 7 heteroatoms. The van der Waals surface area contributed by atoms with E-state index in [0.717, 1.165) is 17.5 Å². The zero-order valence-electron chi connectivity index (χ0n) is 9.18. The molecule has 84 valence electrons. The predicted octanol–water partition coefficient (Wildman–Crippen LogP) is 0.259. The maximum Gasteiger partial charge on any atom is 0.169 e. The summed E-state index contributed by atoms with van der Waals surface area (Å²) in [6.07, 6.45) is 3.16. The van der Waals surface area contributed by atoms with Crippen molar-refractivity contribution in [2.45, 2.75) is 6.54 Å². The van der Waals surface area contributed by atoms with Crippen LogP contribution in [-0.4, -0.2) is 31.8 Å². The SMILES string of the molecule is CNc1cc(NCc2ncn(C)n2)ncn1. The molecule has 0 aliphatic rings. The Labute approximate surface area is 92.9 Å². The third-order valence-corrected chi connectivity index (χ3v) is 2.00. The van der Waals surface area contributed by atoms with Crippen molar-refractivity contribution in [3.05, 3.63) is 24.5 Å². The van der Waals surface area contributed by atoms with E-state index in [9.17, 15) is 0 Å². The van der Waals surface area contributed by atoms with Gasteiger partial charge in [0.05, 0.1) is 6.54 Å². The number of aromatic nitrogens is 5. The lowest BCUT2D eigenvalue weighted by atomic mass is 10.5. The summed E-state index contributed by atoms with van der Waals surface area (Å²) < 4.78 is 1.66. The first-order valence-corrected chi connectivity index (χ1v) is 4.86. The van der Waals surface area contributed by atoms with Gasteiger partial charge < -0.3 is 10.6 Å². The number of nitrogens with one attached hydrogen (secondary N) is 2. The van der Waals surface area contributed by atoms with E-state index in [1.165, 1.54) is 6.33 Å². The Morgan fingerprint density at radius 3 is 2.75 bits per heavy atom. The Hall–Kier alpha value is -2.18. The van der Waals surface area contributed by atoms with Gasteiger partial charge in [-0.3, -0.25) is 4.68 Å². The summed E-state index contributed by atoms with van der Waals surface area (Å²) in [4.78, 5) is 12.2. The summed E-state index contributed by atoms with van der Waals surface area (Å²) in [6.45, 7) is 0.543. The Bertz CT molecular complexity index is 464. The first-order chi connectivity index (χ1) is 7.78. The molecule has 2 aromatic heterocycles. The summed E-state index contributed by atoms with van der Waals surface area (Å²) in [5.41, 5.74) is 0. The fourth-order valence-corrected chi connectivity index (χ4v) is 1.23. The Kier molecular flexibility index (Phi) is 2.95. The van der Waals surface area contributed by atoms with E-state index in [1.807, 2.05) is 20.2 Å². The van der Waals surface area contributed by atoms with Gasteiger partial charge in [0.2, 0.25) is 0 Å². The van der Waals surface area contributed by atoms with Gasteiger partial charge in [-0.2, -0.15) is 5.10 Å². The van der Waals surface area contributed by atoms with E-state index >= 15 is 0 Å². The minimum absolute atomic E-state index is 0.543. The molecule has 0 aliphatic heterocycles. The average Bonchev–Trinajstić information content (AvgIpc) is 2.73. The molecule has 2 rings (SSSR count). The minimum atomic E-state index is 0.543. The topological polar surface area (TPSA) is 80.5 Å². The van der Waals surface area contributed by atoms with Gasteiger partial charge in [-0.25, -0.2) is 15.0 Å². The van der Waals surface area contributed by atoms with Gasteiger partial charge in [-0.15, -0.1) is 0 Å². The number of anilines is 2. The quantitative estimate of drug-likeness (QED) is 0.767. The molecule has 0 amide bonds. The highest BCUT2D eigenvalue weighted by atomic mass is 15.3. The number of aryl methyl sites for hydroxylation is 1. The molecule has 0 saturated carbocycles. The molecule has 0 atom stereocenters. The van der Waals surface area contributed by atoms with Crippen molar-refractivity contribution < 1.29 is 0 Å². The standard InChI is InChI=1S/C9H13N7/c1-10-7-3-8(13-5-12-7)11-4-9-14-6-16(2)15-9/h3,5-6H,4H2,1-2H3,(H2,10,11,12,13). The van der Waals surface area contributed by atoms with Crippen LogP contribution in [0.25, 0.3) is 0 Å². The van der Waals surface area contributed by atoms with E-state index in [-0.39, 0.29) is 0 Å². The normalized spacial score (nSPS) is 10.1. The lowest BCUT2D eigenvalue weighted by molar-refractivity contribution is 0.747. The molecule has 2 N–H and O–H groups in total. The van der Waals surface area contributed by atoms with Gasteiger partial charge in [0.25, 0.3) is 0 Å². The zero-order chi connectivity index (χ0) is 11.4. The fourth-order valence-electron chi connectivity index (χ4n) is 1.23. The van der Waals surface area contributed by atoms with Crippen molar-refractivity contribution >= 4 is 11.6 Å². The van der Waals surface area contributed by atoms with Crippen LogP contribution in [0.2, 0.25) is 0 Å². The number of hydrogen-bond donors (Lipinski definition) is 2.